The molecule has 0 saturated carbocycles. The average molecular weight is 1050 g/mol. The van der Waals surface area contributed by atoms with Gasteiger partial charge in [-0.3, -0.25) is 4.79 Å². The molecule has 1 aliphatic carbocycles. The number of anilines is 1. The Balaban J connectivity index is 0.00000254. The molecule has 3 aliphatic rings. The predicted octanol–water partition coefficient (Wildman–Crippen LogP) is 0.796. The Morgan fingerprint density at radius 1 is 0.868 bits per heavy atom. The number of hydrogen-bond donors (Lipinski definition) is 2. The molecular formula is C47H64K2N4O12S3. The van der Waals surface area contributed by atoms with E-state index in [9.17, 15) is 35.5 Å². The van der Waals surface area contributed by atoms with Gasteiger partial charge >= 0.3 is 119 Å². The minimum atomic E-state index is -4.68. The molecule has 0 radical (unpaired) electrons. The standard InChI is InChI=1S/C47H66N4O9S2.2K.O3S/c1-46(2)38-23-14-15-24-40(38)51(33-20-34-61(54,55)56)42(46)25-19-26-43-47(3,4)39-35-37(62(57,58)59)28-29-41(39)50(43)32-18-10-13-27-44(52)48-30-16-8-9-17-31-49-45(53)60-36-21-11-6-5-7-12-22-36;;;1-4(2)3/h5-6,15,19,23-26,28-29,35-36H,7-13,16-18,20-22,27,30-34H2,1-4H3,(H,48,52)(H,49,53)(H,54,55,56)(H,57,58,59);;;/q;2*+1;/p-2/b6-5+;;;. The maximum Gasteiger partial charge on any atom is 1.00 e. The third-order valence-corrected chi connectivity index (χ3v) is 13.8. The summed E-state index contributed by atoms with van der Waals surface area (Å²) in [5.74, 6) is -0.452. The fraction of sp³-hybridized carbons (Fsp3) is 0.553. The zero-order valence-corrected chi connectivity index (χ0v) is 49.1. The topological polar surface area (TPSA) is 239 Å². The SMILES string of the molecule is CC1(C)C(=CC=CC2=[N+](CCCS(=O)(=O)[O-])c3cc[c-]cc3C2(C)C)N(CCCCCC(=O)NCCCCCCNC(=O)OC2CC/C=C/CCC2)c2ccc(S(=O)(=O)[O-])cc21.O=S(=O)=O.[K+].[K+]. The van der Waals surface area contributed by atoms with E-state index in [2.05, 4.69) is 52.2 Å². The fourth-order valence-electron chi connectivity index (χ4n) is 8.76. The van der Waals surface area contributed by atoms with Crippen LogP contribution < -0.4 is 118 Å². The van der Waals surface area contributed by atoms with Gasteiger partial charge in [0, 0.05) is 66.5 Å². The summed E-state index contributed by atoms with van der Waals surface area (Å²) in [4.78, 5) is 26.7. The summed E-state index contributed by atoms with van der Waals surface area (Å²) in [6.07, 6.45) is 21.2. The van der Waals surface area contributed by atoms with Crippen LogP contribution in [0.3, 0.4) is 0 Å². The van der Waals surface area contributed by atoms with E-state index in [0.717, 1.165) is 105 Å². The predicted molar refractivity (Wildman–Crippen MR) is 249 cm³/mol. The Kier molecular flexibility index (Phi) is 27.6. The maximum absolute atomic E-state index is 12.6. The summed E-state index contributed by atoms with van der Waals surface area (Å²) in [6, 6.07) is 13.3. The molecule has 364 valence electrons. The first kappa shape index (κ1) is 62.7. The number of carbonyl (C=O) groups excluding carboxylic acids is 2. The molecule has 68 heavy (non-hydrogen) atoms. The number of hydrogen-bond acceptors (Lipinski definition) is 13. The zero-order chi connectivity index (χ0) is 48.5. The van der Waals surface area contributed by atoms with Gasteiger partial charge < -0.3 is 29.4 Å². The summed E-state index contributed by atoms with van der Waals surface area (Å²) < 4.78 is 103. The molecule has 2 N–H and O–H groups in total. The molecule has 5 rings (SSSR count). The van der Waals surface area contributed by atoms with Crippen LogP contribution in [0.5, 0.6) is 0 Å². The van der Waals surface area contributed by atoms with Gasteiger partial charge in [-0.2, -0.15) is 18.2 Å². The number of unbranched alkanes of at least 4 members (excludes halogenated alkanes) is 5. The fourth-order valence-corrected chi connectivity index (χ4v) is 9.74. The molecule has 1 unspecified atom stereocenters. The monoisotopic (exact) mass is 1050 g/mol. The number of amides is 2. The molecule has 2 aliphatic heterocycles. The van der Waals surface area contributed by atoms with Crippen molar-refractivity contribution in [1.82, 2.24) is 10.6 Å². The second kappa shape index (κ2) is 29.9. The van der Waals surface area contributed by atoms with Gasteiger partial charge in [0.2, 0.25) is 5.91 Å². The minimum Gasteiger partial charge on any atom is -0.748 e. The van der Waals surface area contributed by atoms with Crippen molar-refractivity contribution in [2.45, 2.75) is 139 Å². The number of rotatable bonds is 21. The second-order valence-electron chi connectivity index (χ2n) is 17.8. The maximum atomic E-state index is 12.6. The van der Waals surface area contributed by atoms with E-state index in [1.165, 1.54) is 12.1 Å². The number of nitrogens with one attached hydrogen (secondary N) is 2. The Morgan fingerprint density at radius 3 is 2.21 bits per heavy atom. The molecule has 2 aromatic carbocycles. The molecule has 2 heterocycles. The molecule has 21 heteroatoms. The van der Waals surface area contributed by atoms with Crippen molar-refractivity contribution in [2.75, 3.05) is 36.8 Å². The normalized spacial score (nSPS) is 18.2. The summed E-state index contributed by atoms with van der Waals surface area (Å²) in [5, 5.41) is 5.89. The van der Waals surface area contributed by atoms with Gasteiger partial charge in [0.1, 0.15) is 28.5 Å². The van der Waals surface area contributed by atoms with Crippen LogP contribution in [0.25, 0.3) is 0 Å². The van der Waals surface area contributed by atoms with Crippen LogP contribution in [0.2, 0.25) is 0 Å². The zero-order valence-electron chi connectivity index (χ0n) is 40.4. The third kappa shape index (κ3) is 19.9. The number of nitrogens with zero attached hydrogens (tertiary/aromatic N) is 2. The van der Waals surface area contributed by atoms with Gasteiger partial charge in [0.05, 0.1) is 15.0 Å². The summed E-state index contributed by atoms with van der Waals surface area (Å²) >= 11 is 0. The molecule has 16 nitrogen and oxygen atoms in total. The van der Waals surface area contributed by atoms with E-state index in [1.54, 1.807) is 6.07 Å². The van der Waals surface area contributed by atoms with E-state index < -0.39 is 47.4 Å². The van der Waals surface area contributed by atoms with Gasteiger partial charge in [0.25, 0.3) is 0 Å². The molecule has 1 atom stereocenters. The van der Waals surface area contributed by atoms with Crippen molar-refractivity contribution in [1.29, 1.82) is 0 Å². The number of ether oxygens (including phenoxy) is 1. The van der Waals surface area contributed by atoms with E-state index in [-0.39, 0.29) is 132 Å². The van der Waals surface area contributed by atoms with Gasteiger partial charge in [-0.1, -0.05) is 70.7 Å². The number of carbonyl (C=O) groups is 2. The van der Waals surface area contributed by atoms with Crippen LogP contribution in [-0.4, -0.2) is 98.9 Å². The Morgan fingerprint density at radius 2 is 1.53 bits per heavy atom. The van der Waals surface area contributed by atoms with Crippen molar-refractivity contribution in [3.05, 3.63) is 89.7 Å². The number of alkyl carbamates (subject to hydrolysis) is 1. The van der Waals surface area contributed by atoms with Gasteiger partial charge in [-0.05, 0) is 87.6 Å². The van der Waals surface area contributed by atoms with Crippen LogP contribution in [-0.2, 0) is 51.2 Å². The first-order valence-corrected chi connectivity index (χ1v) is 26.6. The van der Waals surface area contributed by atoms with Crippen molar-refractivity contribution < 1.29 is 160 Å². The smallest absolute Gasteiger partial charge is 0.748 e. The Bertz CT molecular complexity index is 2490. The first-order chi connectivity index (χ1) is 31.1. The van der Waals surface area contributed by atoms with Gasteiger partial charge in [-0.25, -0.2) is 26.2 Å². The van der Waals surface area contributed by atoms with E-state index in [4.69, 9.17) is 17.4 Å². The molecule has 0 saturated heterocycles. The van der Waals surface area contributed by atoms with Crippen LogP contribution in [0.4, 0.5) is 16.2 Å². The van der Waals surface area contributed by atoms with Crippen molar-refractivity contribution in [3.8, 4) is 0 Å². The Hall–Kier alpha value is -1.42. The molecule has 0 aromatic heterocycles. The molecule has 0 bridgehead atoms. The van der Waals surface area contributed by atoms with Crippen molar-refractivity contribution in [3.63, 3.8) is 0 Å². The van der Waals surface area contributed by atoms with E-state index in [1.807, 2.05) is 50.3 Å². The van der Waals surface area contributed by atoms with Crippen LogP contribution in [0, 0.1) is 6.07 Å². The van der Waals surface area contributed by atoms with Crippen LogP contribution in [0.1, 0.15) is 129 Å². The molecule has 2 amide bonds. The summed E-state index contributed by atoms with van der Waals surface area (Å²) in [7, 11) is -12.2. The number of benzene rings is 2. The first-order valence-electron chi connectivity index (χ1n) is 22.6. The quantitative estimate of drug-likeness (QED) is 0.0440. The third-order valence-electron chi connectivity index (χ3n) is 12.1. The Labute approximate surface area is 490 Å². The molecule has 2 aromatic rings. The molecule has 0 spiro atoms. The summed E-state index contributed by atoms with van der Waals surface area (Å²) in [6.45, 7) is 10.3. The van der Waals surface area contributed by atoms with Crippen LogP contribution >= 0.6 is 0 Å². The number of fused-ring (bicyclic) bond motifs is 2. The molecular weight excluding hydrogens is 987 g/mol. The van der Waals surface area contributed by atoms with Gasteiger partial charge in [-0.15, -0.1) is 18.7 Å². The molecule has 0 fully saturated rings. The van der Waals surface area contributed by atoms with E-state index in [0.29, 0.717) is 39.0 Å². The minimum absolute atomic E-state index is 0. The van der Waals surface area contributed by atoms with Crippen LogP contribution in [0.15, 0.2) is 77.4 Å². The van der Waals surface area contributed by atoms with Crippen molar-refractivity contribution >= 4 is 59.9 Å². The summed E-state index contributed by atoms with van der Waals surface area (Å²) in [5.41, 5.74) is 4.23. The van der Waals surface area contributed by atoms with Gasteiger partial charge in [0.15, 0.2) is 5.71 Å². The van der Waals surface area contributed by atoms with Crippen molar-refractivity contribution in [2.24, 2.45) is 0 Å². The number of allylic oxidation sites excluding steroid dienone is 6. The van der Waals surface area contributed by atoms with E-state index >= 15 is 0 Å². The second-order valence-corrected chi connectivity index (χ2v) is 21.1. The largest absolute Gasteiger partial charge is 1.00 e. The average Bonchev–Trinajstić information content (AvgIpc) is 3.56.